The zero-order valence-electron chi connectivity index (χ0n) is 13.6. The molecule has 0 radical (unpaired) electrons. The highest BCUT2D eigenvalue weighted by atomic mass is 16.6. The van der Waals surface area contributed by atoms with Crippen LogP contribution in [-0.2, 0) is 4.79 Å². The van der Waals surface area contributed by atoms with Crippen LogP contribution in [0.15, 0.2) is 34.3 Å². The van der Waals surface area contributed by atoms with Gasteiger partial charge in [0.25, 0.3) is 11.6 Å². The van der Waals surface area contributed by atoms with E-state index >= 15 is 0 Å². The highest BCUT2D eigenvalue weighted by Crippen LogP contribution is 2.39. The Morgan fingerprint density at radius 3 is 2.58 bits per heavy atom. The second-order valence-electron chi connectivity index (χ2n) is 5.34. The minimum absolute atomic E-state index is 0.0963. The van der Waals surface area contributed by atoms with Crippen molar-refractivity contribution in [3.63, 3.8) is 0 Å². The second kappa shape index (κ2) is 6.98. The number of rotatable bonds is 4. The first-order valence-corrected chi connectivity index (χ1v) is 7.55. The van der Waals surface area contributed by atoms with E-state index in [0.29, 0.717) is 18.1 Å². The summed E-state index contributed by atoms with van der Waals surface area (Å²) in [5.74, 6) is 0.646. The Morgan fingerprint density at radius 1 is 1.31 bits per heavy atom. The fourth-order valence-electron chi connectivity index (χ4n) is 2.34. The molecule has 1 aromatic heterocycles. The SMILES string of the molecule is Cc1ccc(/C=C(\C#N)C(=O)Nc2cc3c(cc2[N+](=O)[O-])OCCO3)o1. The summed E-state index contributed by atoms with van der Waals surface area (Å²) in [7, 11) is 0. The quantitative estimate of drug-likeness (QED) is 0.386. The maximum absolute atomic E-state index is 12.4. The Morgan fingerprint density at radius 2 is 2.00 bits per heavy atom. The normalized spacial score (nSPS) is 13.0. The first kappa shape index (κ1) is 17.0. The molecule has 1 N–H and O–H groups in total. The number of nitrogens with zero attached hydrogens (tertiary/aromatic N) is 2. The number of aryl methyl sites for hydroxylation is 1. The van der Waals surface area contributed by atoms with E-state index < -0.39 is 10.8 Å². The summed E-state index contributed by atoms with van der Waals surface area (Å²) in [6.07, 6.45) is 1.26. The third kappa shape index (κ3) is 3.49. The third-order valence-corrected chi connectivity index (χ3v) is 3.52. The number of ether oxygens (including phenoxy) is 2. The lowest BCUT2D eigenvalue weighted by atomic mass is 10.2. The van der Waals surface area contributed by atoms with Crippen molar-refractivity contribution in [3.8, 4) is 17.6 Å². The van der Waals surface area contributed by atoms with Crippen LogP contribution in [0.25, 0.3) is 6.08 Å². The molecule has 1 amide bonds. The highest BCUT2D eigenvalue weighted by molar-refractivity contribution is 6.10. The van der Waals surface area contributed by atoms with E-state index in [1.165, 1.54) is 18.2 Å². The van der Waals surface area contributed by atoms with Crippen molar-refractivity contribution < 1.29 is 23.6 Å². The molecule has 1 aliphatic rings. The molecule has 9 nitrogen and oxygen atoms in total. The largest absolute Gasteiger partial charge is 0.486 e. The van der Waals surface area contributed by atoms with E-state index in [9.17, 15) is 20.2 Å². The fourth-order valence-corrected chi connectivity index (χ4v) is 2.34. The Labute approximate surface area is 147 Å². The van der Waals surface area contributed by atoms with Crippen molar-refractivity contribution in [3.05, 3.63) is 51.5 Å². The number of carbonyl (C=O) groups excluding carboxylic acids is 1. The minimum atomic E-state index is -0.804. The number of nitrogens with one attached hydrogen (secondary N) is 1. The molecular formula is C17H13N3O6. The van der Waals surface area contributed by atoms with Gasteiger partial charge in [0.05, 0.1) is 11.0 Å². The molecule has 0 aliphatic carbocycles. The molecule has 1 aromatic carbocycles. The number of nitro benzene ring substituents is 1. The fraction of sp³-hybridized carbons (Fsp3) is 0.176. The summed E-state index contributed by atoms with van der Waals surface area (Å²) in [4.78, 5) is 23.0. The van der Waals surface area contributed by atoms with E-state index in [1.807, 2.05) is 0 Å². The molecule has 0 spiro atoms. The lowest BCUT2D eigenvalue weighted by molar-refractivity contribution is -0.384. The molecule has 0 saturated heterocycles. The van der Waals surface area contributed by atoms with Crippen molar-refractivity contribution in [1.82, 2.24) is 0 Å². The number of benzene rings is 1. The molecule has 0 saturated carbocycles. The van der Waals surface area contributed by atoms with E-state index in [4.69, 9.17) is 13.9 Å². The van der Waals surface area contributed by atoms with Crippen molar-refractivity contribution in [2.24, 2.45) is 0 Å². The number of carbonyl (C=O) groups is 1. The number of amides is 1. The topological polar surface area (TPSA) is 128 Å². The average molecular weight is 355 g/mol. The number of hydrogen-bond acceptors (Lipinski definition) is 7. The first-order valence-electron chi connectivity index (χ1n) is 7.55. The molecule has 9 heteroatoms. The lowest BCUT2D eigenvalue weighted by Crippen LogP contribution is -2.18. The highest BCUT2D eigenvalue weighted by Gasteiger charge is 2.24. The minimum Gasteiger partial charge on any atom is -0.486 e. The monoisotopic (exact) mass is 355 g/mol. The molecule has 0 unspecified atom stereocenters. The van der Waals surface area contributed by atoms with E-state index in [0.717, 1.165) is 0 Å². The molecular weight excluding hydrogens is 342 g/mol. The number of furan rings is 1. The van der Waals surface area contributed by atoms with Gasteiger partial charge in [0.1, 0.15) is 42.1 Å². The number of hydrogen-bond donors (Lipinski definition) is 1. The van der Waals surface area contributed by atoms with Crippen LogP contribution in [-0.4, -0.2) is 24.0 Å². The number of nitro groups is 1. The molecule has 1 aliphatic heterocycles. The van der Waals surface area contributed by atoms with Gasteiger partial charge < -0.3 is 19.2 Å². The van der Waals surface area contributed by atoms with Crippen LogP contribution < -0.4 is 14.8 Å². The van der Waals surface area contributed by atoms with Gasteiger partial charge in [-0.15, -0.1) is 0 Å². The maximum Gasteiger partial charge on any atom is 0.296 e. The van der Waals surface area contributed by atoms with E-state index in [-0.39, 0.29) is 35.1 Å². The Balaban J connectivity index is 1.91. The summed E-state index contributed by atoms with van der Waals surface area (Å²) in [5.41, 5.74) is -0.724. The van der Waals surface area contributed by atoms with Gasteiger partial charge in [-0.2, -0.15) is 5.26 Å². The first-order chi connectivity index (χ1) is 12.5. The molecule has 26 heavy (non-hydrogen) atoms. The van der Waals surface area contributed by atoms with Gasteiger partial charge in [0, 0.05) is 12.1 Å². The predicted molar refractivity (Wildman–Crippen MR) is 89.8 cm³/mol. The standard InChI is InChI=1S/C17H13N3O6/c1-10-2-3-12(26-10)6-11(9-18)17(21)19-13-7-15-16(25-5-4-24-15)8-14(13)20(22)23/h2-3,6-8H,4-5H2,1H3,(H,19,21)/b11-6+. The van der Waals surface area contributed by atoms with E-state index in [2.05, 4.69) is 5.32 Å². The summed E-state index contributed by atoms with van der Waals surface area (Å²) in [6, 6.07) is 7.52. The second-order valence-corrected chi connectivity index (χ2v) is 5.34. The van der Waals surface area contributed by atoms with E-state index in [1.54, 1.807) is 25.1 Å². The van der Waals surface area contributed by atoms with Gasteiger partial charge in [0.15, 0.2) is 11.5 Å². The summed E-state index contributed by atoms with van der Waals surface area (Å²) >= 11 is 0. The summed E-state index contributed by atoms with van der Waals surface area (Å²) < 4.78 is 16.0. The lowest BCUT2D eigenvalue weighted by Gasteiger charge is -2.19. The molecule has 2 heterocycles. The van der Waals surface area contributed by atoms with Crippen LogP contribution in [0.5, 0.6) is 11.5 Å². The van der Waals surface area contributed by atoms with Gasteiger partial charge in [-0.3, -0.25) is 14.9 Å². The number of fused-ring (bicyclic) bond motifs is 1. The van der Waals surface area contributed by atoms with Crippen molar-refractivity contribution in [2.45, 2.75) is 6.92 Å². The van der Waals surface area contributed by atoms with Crippen LogP contribution in [0.4, 0.5) is 11.4 Å². The van der Waals surface area contributed by atoms with Crippen LogP contribution >= 0.6 is 0 Å². The zero-order valence-corrected chi connectivity index (χ0v) is 13.6. The van der Waals surface area contributed by atoms with Gasteiger partial charge >= 0.3 is 0 Å². The van der Waals surface area contributed by atoms with Crippen molar-refractivity contribution in [1.29, 1.82) is 5.26 Å². The zero-order chi connectivity index (χ0) is 18.7. The molecule has 2 aromatic rings. The Bertz CT molecular complexity index is 954. The smallest absolute Gasteiger partial charge is 0.296 e. The van der Waals surface area contributed by atoms with Crippen molar-refractivity contribution >= 4 is 23.4 Å². The van der Waals surface area contributed by atoms with Crippen molar-refractivity contribution in [2.75, 3.05) is 18.5 Å². The van der Waals surface area contributed by atoms with Crippen LogP contribution in [0, 0.1) is 28.4 Å². The van der Waals surface area contributed by atoms with Crippen LogP contribution in [0.1, 0.15) is 11.5 Å². The summed E-state index contributed by atoms with van der Waals surface area (Å²) in [5, 5.41) is 22.9. The molecule has 3 rings (SSSR count). The maximum atomic E-state index is 12.4. The number of nitriles is 1. The van der Waals surface area contributed by atoms with Gasteiger partial charge in [-0.25, -0.2) is 0 Å². The predicted octanol–water partition coefficient (Wildman–Crippen LogP) is 2.81. The number of anilines is 1. The molecule has 0 atom stereocenters. The Hall–Kier alpha value is -3.80. The van der Waals surface area contributed by atoms with Gasteiger partial charge in [-0.05, 0) is 19.1 Å². The Kier molecular flexibility index (Phi) is 4.57. The summed E-state index contributed by atoms with van der Waals surface area (Å²) in [6.45, 7) is 2.29. The van der Waals surface area contributed by atoms with Crippen LogP contribution in [0.2, 0.25) is 0 Å². The molecule has 132 valence electrons. The average Bonchev–Trinajstić information content (AvgIpc) is 3.03. The molecule has 0 fully saturated rings. The van der Waals surface area contributed by atoms with Gasteiger partial charge in [-0.1, -0.05) is 0 Å². The van der Waals surface area contributed by atoms with Gasteiger partial charge in [0.2, 0.25) is 0 Å². The van der Waals surface area contributed by atoms with Crippen LogP contribution in [0.3, 0.4) is 0 Å². The molecule has 0 bridgehead atoms. The third-order valence-electron chi connectivity index (χ3n) is 3.52.